The molecule has 1 heterocycles. The van der Waals surface area contributed by atoms with Gasteiger partial charge >= 0.3 is 0 Å². The number of hydrogen-bond acceptors (Lipinski definition) is 4. The van der Waals surface area contributed by atoms with E-state index in [1.165, 1.54) is 0 Å². The van der Waals surface area contributed by atoms with Gasteiger partial charge in [0.1, 0.15) is 0 Å². The second-order valence-electron chi connectivity index (χ2n) is 5.13. The molecule has 1 aromatic rings. The summed E-state index contributed by atoms with van der Waals surface area (Å²) in [5, 5.41) is 0. The van der Waals surface area contributed by atoms with Gasteiger partial charge in [0.25, 0.3) is 5.91 Å². The van der Waals surface area contributed by atoms with Crippen LogP contribution < -0.4 is 11.3 Å². The normalized spacial score (nSPS) is 22.2. The van der Waals surface area contributed by atoms with Gasteiger partial charge in [-0.2, -0.15) is 0 Å². The zero-order valence-corrected chi connectivity index (χ0v) is 13.3. The molecule has 3 N–H and O–H groups in total. The highest BCUT2D eigenvalue weighted by Gasteiger charge is 2.28. The van der Waals surface area contributed by atoms with Crippen molar-refractivity contribution in [3.05, 3.63) is 33.8 Å². The Morgan fingerprint density at radius 3 is 2.90 bits per heavy atom. The summed E-state index contributed by atoms with van der Waals surface area (Å²) in [6, 6.07) is 5.96. The van der Waals surface area contributed by atoms with Crippen LogP contribution in [0, 0.1) is 0 Å². The van der Waals surface area contributed by atoms with E-state index in [1.54, 1.807) is 12.1 Å². The molecule has 2 atom stereocenters. The van der Waals surface area contributed by atoms with Crippen molar-refractivity contribution in [3.8, 4) is 0 Å². The van der Waals surface area contributed by atoms with Crippen molar-refractivity contribution in [1.29, 1.82) is 0 Å². The average molecular weight is 342 g/mol. The van der Waals surface area contributed by atoms with E-state index in [1.807, 2.05) is 6.07 Å². The van der Waals surface area contributed by atoms with Crippen molar-refractivity contribution in [3.63, 3.8) is 0 Å². The van der Waals surface area contributed by atoms with Gasteiger partial charge in [0, 0.05) is 29.2 Å². The molecule has 0 spiro atoms. The first-order chi connectivity index (χ1) is 9.52. The van der Waals surface area contributed by atoms with Gasteiger partial charge in [-0.25, -0.2) is 5.84 Å². The molecule has 0 aromatic heterocycles. The number of nitrogens with one attached hydrogen (secondary N) is 1. The number of likely N-dealkylation sites (N-methyl/N-ethyl adjacent to an activating group) is 1. The smallest absolute Gasteiger partial charge is 0.265 e. The van der Waals surface area contributed by atoms with Gasteiger partial charge in [-0.3, -0.25) is 15.1 Å². The number of hydrazine groups is 1. The highest BCUT2D eigenvalue weighted by molar-refractivity contribution is 9.10. The van der Waals surface area contributed by atoms with Crippen LogP contribution in [-0.2, 0) is 11.3 Å². The van der Waals surface area contributed by atoms with Crippen LogP contribution in [0.3, 0.4) is 0 Å². The Bertz CT molecular complexity index is 495. The lowest BCUT2D eigenvalue weighted by Crippen LogP contribution is -2.36. The minimum atomic E-state index is -0.289. The van der Waals surface area contributed by atoms with E-state index in [4.69, 9.17) is 10.6 Å². The van der Waals surface area contributed by atoms with Gasteiger partial charge in [0.15, 0.2) is 0 Å². The maximum absolute atomic E-state index is 11.5. The van der Waals surface area contributed by atoms with Crippen LogP contribution in [0.1, 0.15) is 29.3 Å². The van der Waals surface area contributed by atoms with Crippen molar-refractivity contribution < 1.29 is 9.53 Å². The summed E-state index contributed by atoms with van der Waals surface area (Å²) in [4.78, 5) is 13.8. The average Bonchev–Trinajstić information content (AvgIpc) is 2.86. The molecule has 5 nitrogen and oxygen atoms in total. The van der Waals surface area contributed by atoms with E-state index < -0.39 is 0 Å². The van der Waals surface area contributed by atoms with E-state index in [0.717, 1.165) is 29.6 Å². The zero-order chi connectivity index (χ0) is 14.7. The summed E-state index contributed by atoms with van der Waals surface area (Å²) in [5.74, 6) is 4.85. The van der Waals surface area contributed by atoms with Gasteiger partial charge in [-0.15, -0.1) is 0 Å². The third-order valence-corrected chi connectivity index (χ3v) is 4.51. The van der Waals surface area contributed by atoms with Gasteiger partial charge in [0.05, 0.1) is 6.10 Å². The van der Waals surface area contributed by atoms with Crippen molar-refractivity contribution >= 4 is 21.8 Å². The van der Waals surface area contributed by atoms with E-state index in [2.05, 4.69) is 40.2 Å². The van der Waals surface area contributed by atoms with E-state index in [0.29, 0.717) is 11.6 Å². The number of halogens is 1. The molecular weight excluding hydrogens is 322 g/mol. The Balaban J connectivity index is 2.08. The zero-order valence-electron chi connectivity index (χ0n) is 11.7. The molecule has 0 saturated carbocycles. The standard InChI is InChI=1S/C14H20BrN3O2/c1-9-13(5-6-20-9)18(2)8-11-4-3-10(7-12(11)15)14(19)17-16/h3-4,7,9,13H,5-6,8,16H2,1-2H3,(H,17,19). The molecule has 0 bridgehead atoms. The molecule has 2 unspecified atom stereocenters. The number of nitrogens with zero attached hydrogens (tertiary/aromatic N) is 1. The number of nitrogen functional groups attached to an aromatic ring is 1. The fraction of sp³-hybridized carbons (Fsp3) is 0.500. The number of amides is 1. The Labute approximate surface area is 127 Å². The molecule has 1 saturated heterocycles. The summed E-state index contributed by atoms with van der Waals surface area (Å²) in [6.45, 7) is 3.74. The molecule has 0 aliphatic carbocycles. The Hall–Kier alpha value is -0.950. The first kappa shape index (κ1) is 15.4. The Kier molecular flexibility index (Phi) is 5.15. The predicted molar refractivity (Wildman–Crippen MR) is 81.1 cm³/mol. The molecule has 0 radical (unpaired) electrons. The molecule has 1 amide bonds. The molecule has 1 aromatic carbocycles. The van der Waals surface area contributed by atoms with Crippen molar-refractivity contribution in [2.75, 3.05) is 13.7 Å². The van der Waals surface area contributed by atoms with Crippen molar-refractivity contribution in [1.82, 2.24) is 10.3 Å². The molecule has 2 rings (SSSR count). The highest BCUT2D eigenvalue weighted by Crippen LogP contribution is 2.24. The van der Waals surface area contributed by atoms with Crippen LogP contribution in [-0.4, -0.2) is 36.6 Å². The van der Waals surface area contributed by atoms with Crippen LogP contribution in [0.15, 0.2) is 22.7 Å². The van der Waals surface area contributed by atoms with Crippen LogP contribution >= 0.6 is 15.9 Å². The lowest BCUT2D eigenvalue weighted by atomic mass is 10.1. The van der Waals surface area contributed by atoms with E-state index >= 15 is 0 Å². The SMILES string of the molecule is CC1OCCC1N(C)Cc1ccc(C(=O)NN)cc1Br. The van der Waals surface area contributed by atoms with Crippen LogP contribution in [0.4, 0.5) is 0 Å². The number of benzene rings is 1. The number of hydrogen-bond donors (Lipinski definition) is 2. The van der Waals surface area contributed by atoms with E-state index in [-0.39, 0.29) is 12.0 Å². The quantitative estimate of drug-likeness (QED) is 0.496. The maximum Gasteiger partial charge on any atom is 0.265 e. The first-order valence-corrected chi connectivity index (χ1v) is 7.43. The topological polar surface area (TPSA) is 67.6 Å². The van der Waals surface area contributed by atoms with Crippen molar-refractivity contribution in [2.45, 2.75) is 32.0 Å². The van der Waals surface area contributed by atoms with E-state index in [9.17, 15) is 4.79 Å². The van der Waals surface area contributed by atoms with Crippen LogP contribution in [0.2, 0.25) is 0 Å². The maximum atomic E-state index is 11.5. The van der Waals surface area contributed by atoms with Gasteiger partial charge < -0.3 is 4.74 Å². The number of rotatable bonds is 4. The molecule has 6 heteroatoms. The van der Waals surface area contributed by atoms with Crippen LogP contribution in [0.5, 0.6) is 0 Å². The minimum absolute atomic E-state index is 0.265. The molecule has 1 fully saturated rings. The summed E-state index contributed by atoms with van der Waals surface area (Å²) < 4.78 is 6.51. The van der Waals surface area contributed by atoms with Crippen molar-refractivity contribution in [2.24, 2.45) is 5.84 Å². The molecule has 1 aliphatic heterocycles. The number of ether oxygens (including phenoxy) is 1. The summed E-state index contributed by atoms with van der Waals surface area (Å²) in [7, 11) is 2.10. The third-order valence-electron chi connectivity index (χ3n) is 3.77. The monoisotopic (exact) mass is 341 g/mol. The lowest BCUT2D eigenvalue weighted by Gasteiger charge is -2.27. The fourth-order valence-electron chi connectivity index (χ4n) is 2.59. The van der Waals surface area contributed by atoms with Gasteiger partial charge in [0.2, 0.25) is 0 Å². The largest absolute Gasteiger partial charge is 0.377 e. The molecular formula is C14H20BrN3O2. The Morgan fingerprint density at radius 2 is 2.35 bits per heavy atom. The van der Waals surface area contributed by atoms with Gasteiger partial charge in [-0.05, 0) is 38.1 Å². The minimum Gasteiger partial charge on any atom is -0.377 e. The third kappa shape index (κ3) is 3.38. The first-order valence-electron chi connectivity index (χ1n) is 6.64. The molecule has 20 heavy (non-hydrogen) atoms. The summed E-state index contributed by atoms with van der Waals surface area (Å²) >= 11 is 3.52. The van der Waals surface area contributed by atoms with Gasteiger partial charge in [-0.1, -0.05) is 22.0 Å². The number of carbonyl (C=O) groups is 1. The fourth-order valence-corrected chi connectivity index (χ4v) is 3.09. The highest BCUT2D eigenvalue weighted by atomic mass is 79.9. The summed E-state index contributed by atoms with van der Waals surface area (Å²) in [5.41, 5.74) is 3.82. The Morgan fingerprint density at radius 1 is 1.60 bits per heavy atom. The molecule has 110 valence electrons. The summed E-state index contributed by atoms with van der Waals surface area (Å²) in [6.07, 6.45) is 1.32. The number of carbonyl (C=O) groups excluding carboxylic acids is 1. The van der Waals surface area contributed by atoms with Crippen LogP contribution in [0.25, 0.3) is 0 Å². The second kappa shape index (κ2) is 6.67. The second-order valence-corrected chi connectivity index (χ2v) is 5.98. The molecule has 1 aliphatic rings. The number of nitrogens with two attached hydrogens (primary N) is 1. The predicted octanol–water partition coefficient (Wildman–Crippen LogP) is 1.66. The lowest BCUT2D eigenvalue weighted by molar-refractivity contribution is 0.0814.